The molecule has 0 spiro atoms. The molecule has 1 aliphatic carbocycles. The van der Waals surface area contributed by atoms with Gasteiger partial charge in [-0.25, -0.2) is 0 Å². The Kier molecular flexibility index (Phi) is 1.67. The van der Waals surface area contributed by atoms with Crippen LogP contribution in [0.15, 0.2) is 0 Å². The summed E-state index contributed by atoms with van der Waals surface area (Å²) in [5, 5.41) is 0. The topological polar surface area (TPSA) is 38.5 Å². The fourth-order valence-corrected chi connectivity index (χ4v) is 2.62. The minimum Gasteiger partial charge on any atom is -0.380 e. The van der Waals surface area contributed by atoms with Crippen LogP contribution in [0.5, 0.6) is 0 Å². The first kappa shape index (κ1) is 7.53. The summed E-state index contributed by atoms with van der Waals surface area (Å²) in [7, 11) is 3.92. The summed E-state index contributed by atoms with van der Waals surface area (Å²) >= 11 is 0. The lowest BCUT2D eigenvalue weighted by molar-refractivity contribution is 0.0285. The number of piperidine rings is 1. The van der Waals surface area contributed by atoms with Crippen LogP contribution in [0.4, 0.5) is 0 Å². The summed E-state index contributed by atoms with van der Waals surface area (Å²) in [4.78, 5) is 2.33. The molecule has 1 aliphatic heterocycles. The van der Waals surface area contributed by atoms with E-state index in [-0.39, 0.29) is 0 Å². The van der Waals surface area contributed by atoms with Gasteiger partial charge in [0.15, 0.2) is 0 Å². The van der Waals surface area contributed by atoms with Crippen LogP contribution in [0.2, 0.25) is 0 Å². The number of methoxy groups -OCH3 is 1. The maximum absolute atomic E-state index is 6.02. The van der Waals surface area contributed by atoms with Crippen molar-refractivity contribution >= 4 is 0 Å². The third-order valence-electron chi connectivity index (χ3n) is 3.19. The number of nitrogens with two attached hydrogens (primary N) is 1. The second-order valence-electron chi connectivity index (χ2n) is 3.78. The summed E-state index contributed by atoms with van der Waals surface area (Å²) in [5.41, 5.74) is 6.02. The second kappa shape index (κ2) is 2.44. The molecule has 3 nitrogen and oxygen atoms in total. The highest BCUT2D eigenvalue weighted by atomic mass is 16.5. The number of nitrogens with zero attached hydrogens (tertiary/aromatic N) is 1. The van der Waals surface area contributed by atoms with E-state index in [2.05, 4.69) is 11.9 Å². The maximum Gasteiger partial charge on any atom is 0.0745 e. The van der Waals surface area contributed by atoms with Crippen molar-refractivity contribution < 1.29 is 4.74 Å². The van der Waals surface area contributed by atoms with E-state index in [1.807, 2.05) is 0 Å². The van der Waals surface area contributed by atoms with Crippen LogP contribution in [0.25, 0.3) is 0 Å². The molecule has 2 N–H and O–H groups in total. The SMILES string of the molecule is COC1CC2CN(C)C1C2N. The van der Waals surface area contributed by atoms with Crippen molar-refractivity contribution in [2.45, 2.75) is 24.6 Å². The van der Waals surface area contributed by atoms with E-state index >= 15 is 0 Å². The molecule has 0 aromatic rings. The van der Waals surface area contributed by atoms with Gasteiger partial charge in [0.2, 0.25) is 0 Å². The minimum atomic E-state index is 0.352. The van der Waals surface area contributed by atoms with E-state index < -0.39 is 0 Å². The van der Waals surface area contributed by atoms with Gasteiger partial charge in [-0.15, -0.1) is 0 Å². The summed E-state index contributed by atoms with van der Waals surface area (Å²) in [6, 6.07) is 0.829. The third-order valence-corrected chi connectivity index (χ3v) is 3.19. The molecular formula is C8H16N2O. The van der Waals surface area contributed by atoms with Crippen molar-refractivity contribution in [3.8, 4) is 0 Å². The van der Waals surface area contributed by atoms with Crippen molar-refractivity contribution in [1.82, 2.24) is 4.90 Å². The van der Waals surface area contributed by atoms with Crippen molar-refractivity contribution in [1.29, 1.82) is 0 Å². The molecule has 4 unspecified atom stereocenters. The molecule has 4 atom stereocenters. The van der Waals surface area contributed by atoms with Gasteiger partial charge in [-0.1, -0.05) is 0 Å². The Bertz CT molecular complexity index is 162. The molecule has 3 heteroatoms. The number of likely N-dealkylation sites (N-methyl/N-ethyl adjacent to an activating group) is 1. The van der Waals surface area contributed by atoms with E-state index in [1.165, 1.54) is 0 Å². The highest BCUT2D eigenvalue weighted by Gasteiger charge is 2.49. The fourth-order valence-electron chi connectivity index (χ4n) is 2.62. The average molecular weight is 156 g/mol. The second-order valence-corrected chi connectivity index (χ2v) is 3.78. The third kappa shape index (κ3) is 0.916. The van der Waals surface area contributed by atoms with E-state index in [0.717, 1.165) is 13.0 Å². The summed E-state index contributed by atoms with van der Waals surface area (Å²) in [6.45, 7) is 1.16. The monoisotopic (exact) mass is 156 g/mol. The summed E-state index contributed by atoms with van der Waals surface area (Å²) < 4.78 is 5.36. The van der Waals surface area contributed by atoms with Gasteiger partial charge in [-0.2, -0.15) is 0 Å². The first-order valence-corrected chi connectivity index (χ1v) is 4.22. The molecule has 11 heavy (non-hydrogen) atoms. The Morgan fingerprint density at radius 3 is 2.64 bits per heavy atom. The van der Waals surface area contributed by atoms with Crippen molar-refractivity contribution in [2.24, 2.45) is 11.7 Å². The molecule has 2 fully saturated rings. The standard InChI is InChI=1S/C8H16N2O/c1-10-4-5-3-6(11-2)8(10)7(5)9/h5-8H,3-4,9H2,1-2H3. The minimum absolute atomic E-state index is 0.352. The van der Waals surface area contributed by atoms with Crippen LogP contribution >= 0.6 is 0 Å². The first-order chi connectivity index (χ1) is 5.24. The zero-order chi connectivity index (χ0) is 8.01. The highest BCUT2D eigenvalue weighted by Crippen LogP contribution is 2.37. The molecular weight excluding hydrogens is 140 g/mol. The van der Waals surface area contributed by atoms with Crippen LogP contribution in [-0.2, 0) is 4.74 Å². The van der Waals surface area contributed by atoms with Gasteiger partial charge in [0.25, 0.3) is 0 Å². The van der Waals surface area contributed by atoms with E-state index in [4.69, 9.17) is 10.5 Å². The number of ether oxygens (including phenoxy) is 1. The lowest BCUT2D eigenvalue weighted by Gasteiger charge is -2.28. The number of rotatable bonds is 1. The van der Waals surface area contributed by atoms with Crippen LogP contribution in [0.3, 0.4) is 0 Å². The van der Waals surface area contributed by atoms with Crippen molar-refractivity contribution in [2.75, 3.05) is 20.7 Å². The number of hydrogen-bond donors (Lipinski definition) is 1. The quantitative estimate of drug-likeness (QED) is 0.564. The lowest BCUT2D eigenvalue weighted by atomic mass is 10.1. The van der Waals surface area contributed by atoms with Crippen molar-refractivity contribution in [3.05, 3.63) is 0 Å². The molecule has 0 amide bonds. The zero-order valence-corrected chi connectivity index (χ0v) is 7.16. The summed E-state index contributed by atoms with van der Waals surface area (Å²) in [6.07, 6.45) is 1.54. The molecule has 0 radical (unpaired) electrons. The van der Waals surface area contributed by atoms with Gasteiger partial charge in [0.05, 0.1) is 12.1 Å². The predicted molar refractivity (Wildman–Crippen MR) is 43.3 cm³/mol. The van der Waals surface area contributed by atoms with E-state index in [9.17, 15) is 0 Å². The van der Waals surface area contributed by atoms with Crippen LogP contribution in [-0.4, -0.2) is 43.8 Å². The molecule has 1 heterocycles. The average Bonchev–Trinajstić information content (AvgIpc) is 2.42. The molecule has 2 bridgehead atoms. The highest BCUT2D eigenvalue weighted by molar-refractivity contribution is 5.06. The maximum atomic E-state index is 6.02. The van der Waals surface area contributed by atoms with Gasteiger partial charge in [0, 0.05) is 19.7 Å². The predicted octanol–water partition coefficient (Wildman–Crippen LogP) is -0.337. The molecule has 0 aromatic heterocycles. The Balaban J connectivity index is 2.13. The lowest BCUT2D eigenvalue weighted by Crippen LogP contribution is -2.43. The Hall–Kier alpha value is -0.120. The molecule has 2 aliphatic rings. The Morgan fingerprint density at radius 2 is 2.27 bits per heavy atom. The molecule has 1 saturated carbocycles. The zero-order valence-electron chi connectivity index (χ0n) is 7.16. The first-order valence-electron chi connectivity index (χ1n) is 4.22. The fraction of sp³-hybridized carbons (Fsp3) is 1.00. The molecule has 2 rings (SSSR count). The van der Waals surface area contributed by atoms with Crippen LogP contribution in [0.1, 0.15) is 6.42 Å². The van der Waals surface area contributed by atoms with Gasteiger partial charge >= 0.3 is 0 Å². The number of likely N-dealkylation sites (tertiary alicyclic amines) is 1. The Labute approximate surface area is 67.5 Å². The molecule has 1 saturated heterocycles. The van der Waals surface area contributed by atoms with E-state index in [0.29, 0.717) is 24.1 Å². The smallest absolute Gasteiger partial charge is 0.0745 e. The van der Waals surface area contributed by atoms with Crippen LogP contribution < -0.4 is 5.73 Å². The number of fused-ring (bicyclic) bond motifs is 2. The number of hydrogen-bond acceptors (Lipinski definition) is 3. The molecule has 64 valence electrons. The van der Waals surface area contributed by atoms with Gasteiger partial charge in [0.1, 0.15) is 0 Å². The summed E-state index contributed by atoms with van der Waals surface area (Å²) in [5.74, 6) is 0.676. The van der Waals surface area contributed by atoms with Crippen LogP contribution in [0, 0.1) is 5.92 Å². The van der Waals surface area contributed by atoms with Gasteiger partial charge in [-0.3, -0.25) is 4.90 Å². The normalized spacial score (nSPS) is 50.5. The van der Waals surface area contributed by atoms with E-state index in [1.54, 1.807) is 7.11 Å². The Morgan fingerprint density at radius 1 is 1.55 bits per heavy atom. The van der Waals surface area contributed by atoms with Gasteiger partial charge < -0.3 is 10.5 Å². The van der Waals surface area contributed by atoms with Crippen molar-refractivity contribution in [3.63, 3.8) is 0 Å². The molecule has 0 aromatic carbocycles. The largest absolute Gasteiger partial charge is 0.380 e. The van der Waals surface area contributed by atoms with Gasteiger partial charge in [-0.05, 0) is 19.4 Å².